The molecular formula is C22H25N3O4. The summed E-state index contributed by atoms with van der Waals surface area (Å²) >= 11 is 0. The van der Waals surface area contributed by atoms with E-state index in [2.05, 4.69) is 5.32 Å². The normalized spacial score (nSPS) is 18.9. The summed E-state index contributed by atoms with van der Waals surface area (Å²) < 4.78 is 5.23. The lowest BCUT2D eigenvalue weighted by Crippen LogP contribution is -2.48. The van der Waals surface area contributed by atoms with Crippen LogP contribution in [-0.4, -0.2) is 42.3 Å². The molecule has 1 aromatic heterocycles. The van der Waals surface area contributed by atoms with Gasteiger partial charge in [-0.05, 0) is 49.4 Å². The molecule has 1 N–H and O–H groups in total. The third-order valence-corrected chi connectivity index (χ3v) is 5.58. The van der Waals surface area contributed by atoms with E-state index in [4.69, 9.17) is 4.42 Å². The highest BCUT2D eigenvalue weighted by Gasteiger charge is 2.35. The summed E-state index contributed by atoms with van der Waals surface area (Å²) in [5.74, 6) is -0.288. The number of amides is 3. The molecule has 3 heterocycles. The van der Waals surface area contributed by atoms with E-state index in [1.54, 1.807) is 21.9 Å². The Labute approximate surface area is 169 Å². The van der Waals surface area contributed by atoms with Crippen molar-refractivity contribution >= 4 is 29.1 Å². The number of para-hydroxylation sites is 1. The molecule has 2 aromatic rings. The van der Waals surface area contributed by atoms with Gasteiger partial charge in [-0.3, -0.25) is 14.4 Å². The van der Waals surface area contributed by atoms with E-state index in [0.29, 0.717) is 31.1 Å². The van der Waals surface area contributed by atoms with Crippen molar-refractivity contribution in [3.63, 3.8) is 0 Å². The molecule has 4 rings (SSSR count). The zero-order chi connectivity index (χ0) is 20.4. The van der Waals surface area contributed by atoms with Crippen molar-refractivity contribution in [2.24, 2.45) is 5.92 Å². The number of nitrogens with one attached hydrogen (secondary N) is 1. The van der Waals surface area contributed by atoms with Crippen molar-refractivity contribution in [1.29, 1.82) is 0 Å². The molecule has 0 radical (unpaired) electrons. The Morgan fingerprint density at radius 3 is 2.72 bits per heavy atom. The van der Waals surface area contributed by atoms with Crippen LogP contribution in [0.5, 0.6) is 0 Å². The first-order valence-electron chi connectivity index (χ1n) is 10.1. The Morgan fingerprint density at radius 2 is 1.97 bits per heavy atom. The zero-order valence-electron chi connectivity index (χ0n) is 16.5. The molecule has 1 fully saturated rings. The molecule has 0 unspecified atom stereocenters. The Kier molecular flexibility index (Phi) is 5.38. The van der Waals surface area contributed by atoms with Crippen LogP contribution in [0.15, 0.2) is 41.0 Å². The zero-order valence-corrected chi connectivity index (χ0v) is 16.5. The number of carbonyl (C=O) groups excluding carboxylic acids is 3. The first-order chi connectivity index (χ1) is 14.0. The summed E-state index contributed by atoms with van der Waals surface area (Å²) in [6, 6.07) is 9.08. The van der Waals surface area contributed by atoms with E-state index >= 15 is 0 Å². The predicted molar refractivity (Wildman–Crippen MR) is 109 cm³/mol. The van der Waals surface area contributed by atoms with E-state index in [1.165, 1.54) is 13.2 Å². The lowest BCUT2D eigenvalue weighted by molar-refractivity contribution is -0.123. The van der Waals surface area contributed by atoms with E-state index in [0.717, 1.165) is 36.9 Å². The van der Waals surface area contributed by atoms with E-state index in [9.17, 15) is 14.4 Å². The van der Waals surface area contributed by atoms with Gasteiger partial charge in [-0.25, -0.2) is 0 Å². The maximum Gasteiger partial charge on any atom is 0.289 e. The van der Waals surface area contributed by atoms with Crippen molar-refractivity contribution in [1.82, 2.24) is 4.90 Å². The Morgan fingerprint density at radius 1 is 1.10 bits per heavy atom. The fourth-order valence-electron chi connectivity index (χ4n) is 4.30. The first kappa shape index (κ1) is 19.2. The second kappa shape index (κ2) is 8.11. The average molecular weight is 395 g/mol. The van der Waals surface area contributed by atoms with Crippen LogP contribution in [-0.2, 0) is 16.0 Å². The topological polar surface area (TPSA) is 82.9 Å². The van der Waals surface area contributed by atoms with Gasteiger partial charge in [0, 0.05) is 26.6 Å². The van der Waals surface area contributed by atoms with Gasteiger partial charge < -0.3 is 19.5 Å². The molecule has 29 heavy (non-hydrogen) atoms. The van der Waals surface area contributed by atoms with Crippen LogP contribution in [0.4, 0.5) is 11.4 Å². The largest absolute Gasteiger partial charge is 0.459 e. The monoisotopic (exact) mass is 395 g/mol. The lowest BCUT2D eigenvalue weighted by atomic mass is 9.93. The molecular weight excluding hydrogens is 370 g/mol. The van der Waals surface area contributed by atoms with Gasteiger partial charge >= 0.3 is 0 Å². The number of nitrogens with zero attached hydrogens (tertiary/aromatic N) is 2. The van der Waals surface area contributed by atoms with E-state index in [-0.39, 0.29) is 23.6 Å². The number of hydrogen-bond acceptors (Lipinski definition) is 4. The fraction of sp³-hybridized carbons (Fsp3) is 0.409. The highest BCUT2D eigenvalue weighted by Crippen LogP contribution is 2.36. The smallest absolute Gasteiger partial charge is 0.289 e. The molecule has 7 nitrogen and oxygen atoms in total. The molecule has 2 aliphatic rings. The van der Waals surface area contributed by atoms with Crippen molar-refractivity contribution in [3.05, 3.63) is 47.9 Å². The Balaban J connectivity index is 1.56. The minimum atomic E-state index is -0.265. The van der Waals surface area contributed by atoms with Gasteiger partial charge in [-0.2, -0.15) is 0 Å². The van der Waals surface area contributed by atoms with Crippen molar-refractivity contribution < 1.29 is 18.8 Å². The standard InChI is InChI=1S/C22H25N3O4/c1-15(26)23-18-9-2-6-16-7-4-12-25(20(16)18)21(27)17-8-3-11-24(14-17)22(28)19-10-5-13-29-19/h2,5-6,9-10,13,17H,3-4,7-8,11-12,14H2,1H3,(H,23,26)/t17-/m1/s1. The molecule has 0 aliphatic carbocycles. The van der Waals surface area contributed by atoms with Gasteiger partial charge in [0.25, 0.3) is 5.91 Å². The third-order valence-electron chi connectivity index (χ3n) is 5.58. The van der Waals surface area contributed by atoms with E-state index in [1.807, 2.05) is 18.2 Å². The van der Waals surface area contributed by atoms with Gasteiger partial charge in [-0.1, -0.05) is 12.1 Å². The molecule has 0 spiro atoms. The van der Waals surface area contributed by atoms with Crippen LogP contribution < -0.4 is 10.2 Å². The van der Waals surface area contributed by atoms with E-state index < -0.39 is 0 Å². The van der Waals surface area contributed by atoms with Crippen molar-refractivity contribution in [2.45, 2.75) is 32.6 Å². The number of piperidine rings is 1. The first-order valence-corrected chi connectivity index (χ1v) is 10.1. The molecule has 2 aliphatic heterocycles. The fourth-order valence-corrected chi connectivity index (χ4v) is 4.30. The van der Waals surface area contributed by atoms with Crippen molar-refractivity contribution in [3.8, 4) is 0 Å². The van der Waals surface area contributed by atoms with Gasteiger partial charge in [0.1, 0.15) is 0 Å². The number of rotatable bonds is 3. The molecule has 7 heteroatoms. The quantitative estimate of drug-likeness (QED) is 0.866. The van der Waals surface area contributed by atoms with Crippen LogP contribution in [0.25, 0.3) is 0 Å². The number of fused-ring (bicyclic) bond motifs is 1. The SMILES string of the molecule is CC(=O)Nc1cccc2c1N(C(=O)[C@@H]1CCCN(C(=O)c3ccco3)C1)CCC2. The lowest BCUT2D eigenvalue weighted by Gasteiger charge is -2.37. The summed E-state index contributed by atoms with van der Waals surface area (Å²) in [4.78, 5) is 41.2. The number of anilines is 2. The van der Waals surface area contributed by atoms with Crippen LogP contribution in [0, 0.1) is 5.92 Å². The van der Waals surface area contributed by atoms with Crippen LogP contribution >= 0.6 is 0 Å². The Bertz CT molecular complexity index is 922. The second-order valence-electron chi connectivity index (χ2n) is 7.66. The molecule has 0 saturated carbocycles. The highest BCUT2D eigenvalue weighted by atomic mass is 16.3. The van der Waals surface area contributed by atoms with Crippen LogP contribution in [0.1, 0.15) is 42.3 Å². The highest BCUT2D eigenvalue weighted by molar-refractivity contribution is 6.03. The summed E-state index contributed by atoms with van der Waals surface area (Å²) in [6.07, 6.45) is 4.75. The van der Waals surface area contributed by atoms with Crippen molar-refractivity contribution in [2.75, 3.05) is 29.9 Å². The molecule has 0 bridgehead atoms. The average Bonchev–Trinajstić information content (AvgIpc) is 3.27. The minimum absolute atomic E-state index is 0.0145. The number of furan rings is 1. The van der Waals surface area contributed by atoms with Crippen LogP contribution in [0.3, 0.4) is 0 Å². The van der Waals surface area contributed by atoms with Crippen LogP contribution in [0.2, 0.25) is 0 Å². The second-order valence-corrected chi connectivity index (χ2v) is 7.66. The number of aryl methyl sites for hydroxylation is 1. The minimum Gasteiger partial charge on any atom is -0.459 e. The summed E-state index contributed by atoms with van der Waals surface area (Å²) in [6.45, 7) is 3.09. The van der Waals surface area contributed by atoms with Gasteiger partial charge in [0.2, 0.25) is 11.8 Å². The maximum atomic E-state index is 13.5. The molecule has 1 aromatic carbocycles. The number of carbonyl (C=O) groups is 3. The molecule has 1 atom stereocenters. The Hall–Kier alpha value is -3.09. The molecule has 3 amide bonds. The number of hydrogen-bond donors (Lipinski definition) is 1. The number of likely N-dealkylation sites (tertiary alicyclic amines) is 1. The van der Waals surface area contributed by atoms with Gasteiger partial charge in [-0.15, -0.1) is 0 Å². The maximum absolute atomic E-state index is 13.5. The third kappa shape index (κ3) is 3.90. The number of benzene rings is 1. The summed E-state index contributed by atoms with van der Waals surface area (Å²) in [5.41, 5.74) is 2.53. The molecule has 1 saturated heterocycles. The summed E-state index contributed by atoms with van der Waals surface area (Å²) in [5, 5.41) is 2.86. The van der Waals surface area contributed by atoms with Gasteiger partial charge in [0.05, 0.1) is 23.6 Å². The predicted octanol–water partition coefficient (Wildman–Crippen LogP) is 3.07. The molecule has 152 valence electrons. The summed E-state index contributed by atoms with van der Waals surface area (Å²) in [7, 11) is 0. The van der Waals surface area contributed by atoms with Gasteiger partial charge in [0.15, 0.2) is 5.76 Å².